The summed E-state index contributed by atoms with van der Waals surface area (Å²) in [5, 5.41) is 0. The van der Waals surface area contributed by atoms with E-state index in [2.05, 4.69) is 29.8 Å². The van der Waals surface area contributed by atoms with E-state index < -0.39 is 10.5 Å². The first kappa shape index (κ1) is 17.9. The van der Waals surface area contributed by atoms with Crippen LogP contribution in [0.3, 0.4) is 0 Å². The Hall–Kier alpha value is -0.510. The number of rotatable bonds is 1. The van der Waals surface area contributed by atoms with Crippen molar-refractivity contribution < 1.29 is 14.0 Å². The predicted molar refractivity (Wildman–Crippen MR) is 99.3 cm³/mol. The zero-order valence-corrected chi connectivity index (χ0v) is 17.0. The summed E-state index contributed by atoms with van der Waals surface area (Å²) in [4.78, 5) is 24.3. The molecule has 25 heavy (non-hydrogen) atoms. The van der Waals surface area contributed by atoms with Gasteiger partial charge >= 0.3 is 0 Å². The molecule has 4 rings (SSSR count). The first-order valence-electron chi connectivity index (χ1n) is 9.72. The average molecular weight is 411 g/mol. The Balaban J connectivity index is 1.73. The molecular formula is C21H28BrFO2. The summed E-state index contributed by atoms with van der Waals surface area (Å²) in [6.45, 7) is 6.14. The van der Waals surface area contributed by atoms with Crippen LogP contribution in [-0.4, -0.2) is 22.1 Å². The van der Waals surface area contributed by atoms with E-state index in [4.69, 9.17) is 0 Å². The molecule has 0 aliphatic heterocycles. The van der Waals surface area contributed by atoms with E-state index in [1.165, 1.54) is 0 Å². The van der Waals surface area contributed by atoms with E-state index in [1.807, 2.05) is 0 Å². The van der Waals surface area contributed by atoms with Crippen LogP contribution in [0, 0.1) is 28.6 Å². The second-order valence-electron chi connectivity index (χ2n) is 9.42. The second-order valence-corrected chi connectivity index (χ2v) is 10.8. The highest BCUT2D eigenvalue weighted by Crippen LogP contribution is 2.69. The molecule has 1 unspecified atom stereocenters. The quantitative estimate of drug-likeness (QED) is 0.557. The van der Waals surface area contributed by atoms with Gasteiger partial charge in [0.2, 0.25) is 0 Å². The number of hydrogen-bond donors (Lipinski definition) is 0. The molecule has 2 nitrogen and oxygen atoms in total. The van der Waals surface area contributed by atoms with Crippen LogP contribution in [0.15, 0.2) is 11.6 Å². The number of alkyl halides is 2. The molecule has 0 spiro atoms. The van der Waals surface area contributed by atoms with Crippen LogP contribution >= 0.6 is 15.9 Å². The van der Waals surface area contributed by atoms with E-state index in [9.17, 15) is 9.59 Å². The Morgan fingerprint density at radius 1 is 1.20 bits per heavy atom. The van der Waals surface area contributed by atoms with Crippen LogP contribution < -0.4 is 0 Å². The second kappa shape index (κ2) is 5.50. The molecule has 138 valence electrons. The monoisotopic (exact) mass is 410 g/mol. The maximum atomic E-state index is 15.1. The van der Waals surface area contributed by atoms with Gasteiger partial charge in [0.05, 0.1) is 4.32 Å². The zero-order valence-electron chi connectivity index (χ0n) is 15.4. The van der Waals surface area contributed by atoms with Crippen molar-refractivity contribution in [3.8, 4) is 0 Å². The van der Waals surface area contributed by atoms with Crippen molar-refractivity contribution in [2.24, 2.45) is 28.6 Å². The third-order valence-corrected chi connectivity index (χ3v) is 10.5. The largest absolute Gasteiger partial charge is 0.298 e. The van der Waals surface area contributed by atoms with Gasteiger partial charge in [0.25, 0.3) is 0 Å². The minimum absolute atomic E-state index is 0.0816. The van der Waals surface area contributed by atoms with Crippen molar-refractivity contribution in [3.63, 3.8) is 0 Å². The summed E-state index contributed by atoms with van der Waals surface area (Å²) in [5.41, 5.74) is 0.510. The number of carbonyl (C=O) groups is 2. The molecular weight excluding hydrogens is 383 g/mol. The molecule has 4 heteroatoms. The van der Waals surface area contributed by atoms with Crippen LogP contribution in [0.25, 0.3) is 0 Å². The van der Waals surface area contributed by atoms with Gasteiger partial charge in [0.15, 0.2) is 5.78 Å². The highest BCUT2D eigenvalue weighted by atomic mass is 79.9. The first-order valence-corrected chi connectivity index (χ1v) is 10.5. The molecule has 0 bridgehead atoms. The van der Waals surface area contributed by atoms with Gasteiger partial charge in [-0.1, -0.05) is 29.8 Å². The lowest BCUT2D eigenvalue weighted by Crippen LogP contribution is -2.56. The molecule has 0 N–H and O–H groups in total. The molecule has 0 saturated heterocycles. The number of hydrogen-bond acceptors (Lipinski definition) is 2. The lowest BCUT2D eigenvalue weighted by Gasteiger charge is -2.59. The molecule has 7 atom stereocenters. The highest BCUT2D eigenvalue weighted by Gasteiger charge is 2.66. The normalized spacial score (nSPS) is 52.0. The number of Topliss-reactive ketones (excluding diaryl/α,β-unsaturated/α-hetero) is 1. The number of halogens is 2. The lowest BCUT2D eigenvalue weighted by atomic mass is 9.46. The molecule has 0 radical (unpaired) electrons. The first-order chi connectivity index (χ1) is 11.6. The van der Waals surface area contributed by atoms with Crippen molar-refractivity contribution in [1.82, 2.24) is 0 Å². The van der Waals surface area contributed by atoms with Gasteiger partial charge in [-0.25, -0.2) is 4.39 Å². The van der Waals surface area contributed by atoms with Gasteiger partial charge in [-0.3, -0.25) is 9.59 Å². The van der Waals surface area contributed by atoms with E-state index in [1.54, 1.807) is 13.0 Å². The Labute approximate surface area is 158 Å². The number of allylic oxidation sites excluding steroid dienone is 1. The van der Waals surface area contributed by atoms with Gasteiger partial charge in [0.1, 0.15) is 12.0 Å². The smallest absolute Gasteiger partial charge is 0.155 e. The highest BCUT2D eigenvalue weighted by molar-refractivity contribution is 9.10. The van der Waals surface area contributed by atoms with Crippen LogP contribution in [0.5, 0.6) is 0 Å². The molecule has 0 aromatic carbocycles. The molecule has 0 aromatic rings. The van der Waals surface area contributed by atoms with Gasteiger partial charge in [-0.2, -0.15) is 0 Å². The summed E-state index contributed by atoms with van der Waals surface area (Å²) in [5.74, 6) is 1.47. The van der Waals surface area contributed by atoms with E-state index in [0.717, 1.165) is 37.7 Å². The SMILES string of the molecule is CC(=O)[C@@]1(Br)CC[C@H]2C3C[C@H](F)C4=CC(=O)CC[C@]4(C)[C@H]3CC[C@@]21C. The van der Waals surface area contributed by atoms with Crippen LogP contribution in [0.4, 0.5) is 4.39 Å². The standard InChI is InChI=1S/C21H28BrFO2/c1-12(24)21(22)9-6-16-14-11-18(23)17-10-13(25)4-7-19(17,2)15(14)5-8-20(16,21)3/h10,14-16,18H,4-9,11H2,1-3H3/t14?,15-,16-,18-,19+,20-,21-/m0/s1. The van der Waals surface area contributed by atoms with Crippen LogP contribution in [0.1, 0.15) is 65.7 Å². The lowest BCUT2D eigenvalue weighted by molar-refractivity contribution is -0.126. The third-order valence-electron chi connectivity index (χ3n) is 8.59. The summed E-state index contributed by atoms with van der Waals surface area (Å²) in [6.07, 6.45) is 6.40. The van der Waals surface area contributed by atoms with Crippen LogP contribution in [-0.2, 0) is 9.59 Å². The average Bonchev–Trinajstić information content (AvgIpc) is 2.83. The number of ketones is 2. The Morgan fingerprint density at radius 2 is 1.88 bits per heavy atom. The fourth-order valence-electron chi connectivity index (χ4n) is 7.12. The Bertz CT molecular complexity index is 673. The molecule has 0 heterocycles. The predicted octanol–water partition coefficient (Wildman–Crippen LogP) is 5.19. The van der Waals surface area contributed by atoms with Crippen molar-refractivity contribution in [2.45, 2.75) is 76.2 Å². The molecule has 3 fully saturated rings. The van der Waals surface area contributed by atoms with E-state index in [0.29, 0.717) is 30.6 Å². The van der Waals surface area contributed by atoms with Gasteiger partial charge in [0, 0.05) is 6.42 Å². The van der Waals surface area contributed by atoms with Crippen molar-refractivity contribution in [2.75, 3.05) is 0 Å². The van der Waals surface area contributed by atoms with Crippen molar-refractivity contribution in [1.29, 1.82) is 0 Å². The van der Waals surface area contributed by atoms with Crippen molar-refractivity contribution in [3.05, 3.63) is 11.6 Å². The fourth-order valence-corrected chi connectivity index (χ4v) is 7.84. The minimum Gasteiger partial charge on any atom is -0.298 e. The third kappa shape index (κ3) is 2.18. The molecule has 4 aliphatic carbocycles. The summed E-state index contributed by atoms with van der Waals surface area (Å²) in [7, 11) is 0. The van der Waals surface area contributed by atoms with Crippen LogP contribution in [0.2, 0.25) is 0 Å². The number of carbonyl (C=O) groups excluding carboxylic acids is 2. The Kier molecular flexibility index (Phi) is 3.93. The fraction of sp³-hybridized carbons (Fsp3) is 0.810. The molecule has 0 amide bonds. The van der Waals surface area contributed by atoms with Crippen molar-refractivity contribution >= 4 is 27.5 Å². The minimum atomic E-state index is -1.000. The topological polar surface area (TPSA) is 34.1 Å². The summed E-state index contributed by atoms with van der Waals surface area (Å²) < 4.78 is 14.7. The molecule has 4 aliphatic rings. The van der Waals surface area contributed by atoms with Gasteiger partial charge in [-0.15, -0.1) is 0 Å². The van der Waals surface area contributed by atoms with E-state index >= 15 is 4.39 Å². The number of fused-ring (bicyclic) bond motifs is 5. The molecule has 0 aromatic heterocycles. The van der Waals surface area contributed by atoms with E-state index in [-0.39, 0.29) is 22.4 Å². The zero-order chi connectivity index (χ0) is 18.2. The maximum Gasteiger partial charge on any atom is 0.155 e. The van der Waals surface area contributed by atoms with Gasteiger partial charge < -0.3 is 0 Å². The summed E-state index contributed by atoms with van der Waals surface area (Å²) >= 11 is 3.83. The summed E-state index contributed by atoms with van der Waals surface area (Å²) in [6, 6.07) is 0. The van der Waals surface area contributed by atoms with Gasteiger partial charge in [-0.05, 0) is 85.7 Å². The Morgan fingerprint density at radius 3 is 2.56 bits per heavy atom. The molecule has 3 saturated carbocycles. The maximum absolute atomic E-state index is 15.1.